The number of fused-ring (bicyclic) bond motifs is 1. The first-order valence-corrected chi connectivity index (χ1v) is 10.1. The number of hydrogen-bond donors (Lipinski definition) is 2. The first-order chi connectivity index (χ1) is 15.8. The smallest absolute Gasteiger partial charge is 0.381 e. The minimum Gasteiger partial charge on any atom is -0.381 e. The van der Waals surface area contributed by atoms with Gasteiger partial charge in [-0.05, 0) is 47.0 Å². The van der Waals surface area contributed by atoms with Crippen molar-refractivity contribution in [2.75, 3.05) is 11.5 Å². The lowest BCUT2D eigenvalue weighted by Gasteiger charge is -2.17. The average molecular weight is 517 g/mol. The Hall–Kier alpha value is -3.24. The zero-order valence-corrected chi connectivity index (χ0v) is 18.2. The maximum absolute atomic E-state index is 13.5. The summed E-state index contributed by atoms with van der Waals surface area (Å²) in [7, 11) is 0. The van der Waals surface area contributed by atoms with Crippen LogP contribution in [0.4, 0.5) is 38.0 Å². The number of aromatic nitrogens is 2. The monoisotopic (exact) mass is 516 g/mol. The molecule has 4 nitrogen and oxygen atoms in total. The largest absolute Gasteiger partial charge is 0.417 e. The molecule has 0 spiro atoms. The van der Waals surface area contributed by atoms with Crippen LogP contribution in [0.25, 0.3) is 33.3 Å². The van der Waals surface area contributed by atoms with Crippen molar-refractivity contribution < 1.29 is 26.3 Å². The highest BCUT2D eigenvalue weighted by molar-refractivity contribution is 6.32. The van der Waals surface area contributed by atoms with Crippen LogP contribution < -0.4 is 11.5 Å². The van der Waals surface area contributed by atoms with Crippen molar-refractivity contribution in [1.82, 2.24) is 9.97 Å². The molecule has 0 amide bonds. The summed E-state index contributed by atoms with van der Waals surface area (Å²) in [5.74, 6) is -0.299. The second kappa shape index (κ2) is 8.21. The van der Waals surface area contributed by atoms with Crippen molar-refractivity contribution in [3.05, 3.63) is 69.7 Å². The Morgan fingerprint density at radius 1 is 0.647 bits per heavy atom. The van der Waals surface area contributed by atoms with Crippen LogP contribution in [0.3, 0.4) is 0 Å². The molecule has 0 aliphatic rings. The quantitative estimate of drug-likeness (QED) is 0.271. The third-order valence-corrected chi connectivity index (χ3v) is 5.69. The van der Waals surface area contributed by atoms with E-state index < -0.39 is 33.5 Å². The number of anilines is 2. The highest BCUT2D eigenvalue weighted by Crippen LogP contribution is 2.44. The van der Waals surface area contributed by atoms with Gasteiger partial charge < -0.3 is 11.5 Å². The minimum atomic E-state index is -4.78. The first kappa shape index (κ1) is 23.9. The number of alkyl halides is 6. The van der Waals surface area contributed by atoms with Crippen molar-refractivity contribution in [2.45, 2.75) is 12.4 Å². The normalized spacial score (nSPS) is 12.4. The standard InChI is InChI=1S/C22H12Cl2F6N4/c23-14-4-1-9(7-12(14)21(25,26)27)11-3-6-16-18(34-20(32)19(31)33-16)17(11)10-2-5-15(24)13(8-10)22(28,29)30/h1-8H,(H2,31,33)(H2,32,34). The van der Waals surface area contributed by atoms with E-state index >= 15 is 0 Å². The summed E-state index contributed by atoms with van der Waals surface area (Å²) in [4.78, 5) is 8.27. The number of benzene rings is 3. The van der Waals surface area contributed by atoms with Gasteiger partial charge in [-0.3, -0.25) is 0 Å². The van der Waals surface area contributed by atoms with E-state index in [1.807, 2.05) is 0 Å². The van der Waals surface area contributed by atoms with Gasteiger partial charge in [-0.1, -0.05) is 41.4 Å². The molecule has 0 saturated heterocycles. The van der Waals surface area contributed by atoms with E-state index in [1.54, 1.807) is 0 Å². The number of halogens is 8. The van der Waals surface area contributed by atoms with Crippen molar-refractivity contribution in [3.63, 3.8) is 0 Å². The fourth-order valence-corrected chi connectivity index (χ4v) is 3.94. The van der Waals surface area contributed by atoms with Crippen LogP contribution in [-0.2, 0) is 12.4 Å². The number of nitrogen functional groups attached to an aromatic ring is 2. The van der Waals surface area contributed by atoms with Gasteiger partial charge in [0.25, 0.3) is 0 Å². The summed E-state index contributed by atoms with van der Waals surface area (Å²) in [6.45, 7) is 0. The molecule has 0 atom stereocenters. The molecular formula is C22H12Cl2F6N4. The summed E-state index contributed by atoms with van der Waals surface area (Å²) in [5.41, 5.74) is 9.71. The Kier molecular flexibility index (Phi) is 5.77. The van der Waals surface area contributed by atoms with Crippen LogP contribution in [0.2, 0.25) is 10.0 Å². The van der Waals surface area contributed by atoms with Crippen LogP contribution in [0.15, 0.2) is 48.5 Å². The average Bonchev–Trinajstić information content (AvgIpc) is 2.73. The summed E-state index contributed by atoms with van der Waals surface area (Å²) < 4.78 is 81.0. The molecule has 0 bridgehead atoms. The summed E-state index contributed by atoms with van der Waals surface area (Å²) in [5, 5.41) is -1.07. The van der Waals surface area contributed by atoms with Gasteiger partial charge in [0, 0.05) is 5.56 Å². The van der Waals surface area contributed by atoms with Gasteiger partial charge in [-0.15, -0.1) is 0 Å². The second-order valence-electron chi connectivity index (χ2n) is 7.23. The molecule has 3 aromatic carbocycles. The maximum Gasteiger partial charge on any atom is 0.417 e. The molecule has 1 heterocycles. The van der Waals surface area contributed by atoms with E-state index in [1.165, 1.54) is 24.3 Å². The van der Waals surface area contributed by atoms with Crippen molar-refractivity contribution in [2.24, 2.45) is 0 Å². The van der Waals surface area contributed by atoms with Crippen LogP contribution in [0, 0.1) is 0 Å². The molecule has 4 aromatic rings. The minimum absolute atomic E-state index is 0.0145. The first-order valence-electron chi connectivity index (χ1n) is 9.37. The fourth-order valence-electron chi connectivity index (χ4n) is 3.49. The third-order valence-electron chi connectivity index (χ3n) is 5.04. The van der Waals surface area contributed by atoms with E-state index in [0.717, 1.165) is 24.3 Å². The van der Waals surface area contributed by atoms with Crippen LogP contribution in [0.1, 0.15) is 11.1 Å². The number of nitrogens with zero attached hydrogens (tertiary/aromatic N) is 2. The Morgan fingerprint density at radius 2 is 1.15 bits per heavy atom. The highest BCUT2D eigenvalue weighted by Gasteiger charge is 2.35. The highest BCUT2D eigenvalue weighted by atomic mass is 35.5. The van der Waals surface area contributed by atoms with Crippen molar-refractivity contribution in [3.8, 4) is 22.3 Å². The second-order valence-corrected chi connectivity index (χ2v) is 8.05. The van der Waals surface area contributed by atoms with E-state index in [2.05, 4.69) is 9.97 Å². The number of nitrogens with two attached hydrogens (primary N) is 2. The zero-order valence-electron chi connectivity index (χ0n) is 16.7. The lowest BCUT2D eigenvalue weighted by atomic mass is 9.91. The summed E-state index contributed by atoms with van der Waals surface area (Å²) in [6, 6.07) is 9.14. The van der Waals surface area contributed by atoms with Gasteiger partial charge in [0.05, 0.1) is 32.2 Å². The zero-order chi connectivity index (χ0) is 25.0. The molecule has 4 N–H and O–H groups in total. The van der Waals surface area contributed by atoms with Gasteiger partial charge in [-0.2, -0.15) is 26.3 Å². The SMILES string of the molecule is Nc1nc2ccc(-c3ccc(Cl)c(C(F)(F)F)c3)c(-c3ccc(Cl)c(C(F)(F)F)c3)c2nc1N. The van der Waals surface area contributed by atoms with E-state index in [9.17, 15) is 26.3 Å². The number of rotatable bonds is 2. The Morgan fingerprint density at radius 3 is 1.71 bits per heavy atom. The van der Waals surface area contributed by atoms with Crippen LogP contribution in [-0.4, -0.2) is 9.97 Å². The lowest BCUT2D eigenvalue weighted by Crippen LogP contribution is -2.07. The topological polar surface area (TPSA) is 77.8 Å². The van der Waals surface area contributed by atoms with E-state index in [0.29, 0.717) is 0 Å². The molecule has 34 heavy (non-hydrogen) atoms. The van der Waals surface area contributed by atoms with E-state index in [4.69, 9.17) is 34.7 Å². The molecule has 1 aromatic heterocycles. The molecule has 0 aliphatic carbocycles. The Balaban J connectivity index is 2.10. The molecule has 0 unspecified atom stereocenters. The third kappa shape index (κ3) is 4.30. The van der Waals surface area contributed by atoms with Gasteiger partial charge >= 0.3 is 12.4 Å². The van der Waals surface area contributed by atoms with Crippen molar-refractivity contribution in [1.29, 1.82) is 0 Å². The van der Waals surface area contributed by atoms with Crippen LogP contribution >= 0.6 is 23.2 Å². The molecular weight excluding hydrogens is 505 g/mol. The molecule has 0 radical (unpaired) electrons. The summed E-state index contributed by atoms with van der Waals surface area (Å²) in [6.07, 6.45) is -9.54. The van der Waals surface area contributed by atoms with Gasteiger partial charge in [0.1, 0.15) is 0 Å². The fraction of sp³-hybridized carbons (Fsp3) is 0.0909. The van der Waals surface area contributed by atoms with Gasteiger partial charge in [0.15, 0.2) is 11.6 Å². The predicted octanol–water partition coefficient (Wildman–Crippen LogP) is 7.47. The number of hydrogen-bond acceptors (Lipinski definition) is 4. The molecule has 4 rings (SSSR count). The van der Waals surface area contributed by atoms with E-state index in [-0.39, 0.29) is 44.9 Å². The van der Waals surface area contributed by atoms with Crippen LogP contribution in [0.5, 0.6) is 0 Å². The molecule has 0 aliphatic heterocycles. The lowest BCUT2D eigenvalue weighted by molar-refractivity contribution is -0.138. The Labute approximate surface area is 198 Å². The molecule has 12 heteroatoms. The molecule has 0 fully saturated rings. The molecule has 176 valence electrons. The predicted molar refractivity (Wildman–Crippen MR) is 119 cm³/mol. The maximum atomic E-state index is 13.5. The summed E-state index contributed by atoms with van der Waals surface area (Å²) >= 11 is 11.5. The molecule has 0 saturated carbocycles. The van der Waals surface area contributed by atoms with Crippen molar-refractivity contribution >= 4 is 45.9 Å². The van der Waals surface area contributed by atoms with Gasteiger partial charge in [-0.25, -0.2) is 9.97 Å². The van der Waals surface area contributed by atoms with Gasteiger partial charge in [0.2, 0.25) is 0 Å². The Bertz CT molecular complexity index is 1430.